The van der Waals surface area contributed by atoms with Gasteiger partial charge in [-0.05, 0) is 18.2 Å². The van der Waals surface area contributed by atoms with Crippen molar-refractivity contribution in [3.05, 3.63) is 47.8 Å². The largest absolute Gasteiger partial charge is 0.384 e. The number of nitrogens with zero attached hydrogens (tertiary/aromatic N) is 1. The molecule has 5 N–H and O–H groups in total. The van der Waals surface area contributed by atoms with Crippen LogP contribution in [0.5, 0.6) is 0 Å². The summed E-state index contributed by atoms with van der Waals surface area (Å²) in [6.45, 7) is 0.349. The first-order chi connectivity index (χ1) is 9.25. The lowest BCUT2D eigenvalue weighted by molar-refractivity contribution is 0.0952. The molecule has 19 heavy (non-hydrogen) atoms. The van der Waals surface area contributed by atoms with Crippen molar-refractivity contribution in [1.29, 1.82) is 0 Å². The molecule has 3 rings (SSSR count). The van der Waals surface area contributed by atoms with Crippen LogP contribution in [0.1, 0.15) is 15.9 Å². The quantitative estimate of drug-likeness (QED) is 0.569. The zero-order valence-corrected chi connectivity index (χ0v) is 10.1. The first-order valence-corrected chi connectivity index (χ1v) is 5.88. The third-order valence-corrected chi connectivity index (χ3v) is 3.03. The molecule has 1 amide bonds. The third-order valence-electron chi connectivity index (χ3n) is 3.03. The van der Waals surface area contributed by atoms with Crippen molar-refractivity contribution in [1.82, 2.24) is 20.5 Å². The molecule has 6 heteroatoms. The van der Waals surface area contributed by atoms with Crippen molar-refractivity contribution in [2.45, 2.75) is 6.54 Å². The van der Waals surface area contributed by atoms with Crippen LogP contribution in [0, 0.1) is 0 Å². The van der Waals surface area contributed by atoms with Crippen LogP contribution >= 0.6 is 0 Å². The van der Waals surface area contributed by atoms with Crippen LogP contribution in [-0.4, -0.2) is 21.1 Å². The molecular weight excluding hydrogens is 242 g/mol. The Morgan fingerprint density at radius 2 is 2.26 bits per heavy atom. The molecule has 6 nitrogen and oxygen atoms in total. The number of benzene rings is 1. The standard InChI is InChI=1S/C13H13N5O/c14-12-8(7-17-18-12)6-16-13(19)10-2-1-3-11-9(10)4-5-15-11/h1-5,7,15H,6H2,(H,16,19)(H3,14,17,18). The van der Waals surface area contributed by atoms with Gasteiger partial charge < -0.3 is 16.0 Å². The summed E-state index contributed by atoms with van der Waals surface area (Å²) in [6.07, 6.45) is 3.42. The maximum atomic E-state index is 12.2. The van der Waals surface area contributed by atoms with Crippen molar-refractivity contribution >= 4 is 22.6 Å². The number of H-pyrrole nitrogens is 2. The van der Waals surface area contributed by atoms with Crippen molar-refractivity contribution in [2.24, 2.45) is 0 Å². The fourth-order valence-electron chi connectivity index (χ4n) is 2.02. The van der Waals surface area contributed by atoms with E-state index in [9.17, 15) is 4.79 Å². The Kier molecular flexibility index (Phi) is 2.68. The smallest absolute Gasteiger partial charge is 0.252 e. The van der Waals surface area contributed by atoms with E-state index in [1.165, 1.54) is 0 Å². The van der Waals surface area contributed by atoms with E-state index in [1.807, 2.05) is 24.4 Å². The predicted octanol–water partition coefficient (Wildman–Crippen LogP) is 1.40. The van der Waals surface area contributed by atoms with Gasteiger partial charge in [-0.3, -0.25) is 9.89 Å². The Bertz CT molecular complexity index is 727. The summed E-state index contributed by atoms with van der Waals surface area (Å²) in [6, 6.07) is 7.46. The van der Waals surface area contributed by atoms with E-state index in [2.05, 4.69) is 20.5 Å². The van der Waals surface area contributed by atoms with Crippen molar-refractivity contribution in [2.75, 3.05) is 5.73 Å². The molecule has 0 atom stereocenters. The van der Waals surface area contributed by atoms with Crippen LogP contribution in [0.15, 0.2) is 36.7 Å². The molecular formula is C13H13N5O. The lowest BCUT2D eigenvalue weighted by Crippen LogP contribution is -2.23. The van der Waals surface area contributed by atoms with Gasteiger partial charge in [-0.15, -0.1) is 0 Å². The minimum absolute atomic E-state index is 0.134. The minimum Gasteiger partial charge on any atom is -0.384 e. The van der Waals surface area contributed by atoms with Gasteiger partial charge >= 0.3 is 0 Å². The maximum absolute atomic E-state index is 12.2. The number of rotatable bonds is 3. The molecule has 96 valence electrons. The van der Waals surface area contributed by atoms with Gasteiger partial charge in [0.05, 0.1) is 6.20 Å². The highest BCUT2D eigenvalue weighted by Gasteiger charge is 2.11. The number of hydrogen-bond acceptors (Lipinski definition) is 3. The molecule has 0 aliphatic carbocycles. The molecule has 0 bridgehead atoms. The molecule has 0 fully saturated rings. The number of amides is 1. The van der Waals surface area contributed by atoms with E-state index < -0.39 is 0 Å². The third kappa shape index (κ3) is 2.03. The molecule has 0 radical (unpaired) electrons. The van der Waals surface area contributed by atoms with Gasteiger partial charge in [0, 0.05) is 34.8 Å². The van der Waals surface area contributed by atoms with Gasteiger partial charge in [-0.25, -0.2) is 0 Å². The number of carbonyl (C=O) groups excluding carboxylic acids is 1. The molecule has 0 saturated carbocycles. The first-order valence-electron chi connectivity index (χ1n) is 5.88. The van der Waals surface area contributed by atoms with Gasteiger partial charge in [0.2, 0.25) is 0 Å². The minimum atomic E-state index is -0.134. The molecule has 0 saturated heterocycles. The summed E-state index contributed by atoms with van der Waals surface area (Å²) < 4.78 is 0. The Labute approximate surface area is 109 Å². The van der Waals surface area contributed by atoms with Gasteiger partial charge in [0.25, 0.3) is 5.91 Å². The van der Waals surface area contributed by atoms with Crippen LogP contribution in [0.4, 0.5) is 5.82 Å². The Morgan fingerprint density at radius 3 is 3.05 bits per heavy atom. The second-order valence-electron chi connectivity index (χ2n) is 4.24. The number of hydrogen-bond donors (Lipinski definition) is 4. The van der Waals surface area contributed by atoms with Crippen LogP contribution in [0.2, 0.25) is 0 Å². The van der Waals surface area contributed by atoms with E-state index in [0.29, 0.717) is 17.9 Å². The normalized spacial score (nSPS) is 10.7. The molecule has 1 aromatic carbocycles. The lowest BCUT2D eigenvalue weighted by Gasteiger charge is -2.05. The number of carbonyl (C=O) groups is 1. The second kappa shape index (κ2) is 4.49. The van der Waals surface area contributed by atoms with E-state index in [1.54, 1.807) is 12.3 Å². The molecule has 0 spiro atoms. The molecule has 2 aromatic heterocycles. The van der Waals surface area contributed by atoms with E-state index in [0.717, 1.165) is 16.5 Å². The topological polar surface area (TPSA) is 99.6 Å². The summed E-state index contributed by atoms with van der Waals surface area (Å²) in [5, 5.41) is 10.2. The summed E-state index contributed by atoms with van der Waals surface area (Å²) in [4.78, 5) is 15.2. The fourth-order valence-corrected chi connectivity index (χ4v) is 2.02. The van der Waals surface area contributed by atoms with Gasteiger partial charge in [-0.2, -0.15) is 5.10 Å². The highest BCUT2D eigenvalue weighted by molar-refractivity contribution is 6.06. The Hall–Kier alpha value is -2.76. The number of nitrogen functional groups attached to an aromatic ring is 1. The zero-order valence-electron chi connectivity index (χ0n) is 10.1. The number of nitrogens with two attached hydrogens (primary N) is 1. The van der Waals surface area contributed by atoms with E-state index in [-0.39, 0.29) is 5.91 Å². The van der Waals surface area contributed by atoms with Crippen LogP contribution in [0.25, 0.3) is 10.9 Å². The van der Waals surface area contributed by atoms with E-state index >= 15 is 0 Å². The number of fused-ring (bicyclic) bond motifs is 1. The van der Waals surface area contributed by atoms with Gasteiger partial charge in [0.1, 0.15) is 5.82 Å². The lowest BCUT2D eigenvalue weighted by atomic mass is 10.1. The molecule has 2 heterocycles. The summed E-state index contributed by atoms with van der Waals surface area (Å²) in [5.74, 6) is 0.339. The van der Waals surface area contributed by atoms with Crippen LogP contribution in [-0.2, 0) is 6.54 Å². The SMILES string of the molecule is Nc1[nH]ncc1CNC(=O)c1cccc2[nH]ccc12. The highest BCUT2D eigenvalue weighted by atomic mass is 16.1. The fraction of sp³-hybridized carbons (Fsp3) is 0.0769. The summed E-state index contributed by atoms with van der Waals surface area (Å²) in [7, 11) is 0. The summed E-state index contributed by atoms with van der Waals surface area (Å²) >= 11 is 0. The number of nitrogens with one attached hydrogen (secondary N) is 3. The average molecular weight is 255 g/mol. The molecule has 0 unspecified atom stereocenters. The summed E-state index contributed by atoms with van der Waals surface area (Å²) in [5.41, 5.74) is 8.02. The Balaban J connectivity index is 1.81. The number of aromatic nitrogens is 3. The van der Waals surface area contributed by atoms with Crippen molar-refractivity contribution in [3.8, 4) is 0 Å². The van der Waals surface area contributed by atoms with Gasteiger partial charge in [0.15, 0.2) is 0 Å². The molecule has 0 aliphatic heterocycles. The number of anilines is 1. The van der Waals surface area contributed by atoms with Crippen LogP contribution in [0.3, 0.4) is 0 Å². The predicted molar refractivity (Wildman–Crippen MR) is 72.5 cm³/mol. The molecule has 0 aliphatic rings. The van der Waals surface area contributed by atoms with Gasteiger partial charge in [-0.1, -0.05) is 6.07 Å². The highest BCUT2D eigenvalue weighted by Crippen LogP contribution is 2.17. The molecule has 3 aromatic rings. The monoisotopic (exact) mass is 255 g/mol. The zero-order chi connectivity index (χ0) is 13.2. The van der Waals surface area contributed by atoms with Crippen molar-refractivity contribution in [3.63, 3.8) is 0 Å². The Morgan fingerprint density at radius 1 is 1.37 bits per heavy atom. The number of aromatic amines is 2. The average Bonchev–Trinajstić information content (AvgIpc) is 3.04. The maximum Gasteiger partial charge on any atom is 0.252 e. The van der Waals surface area contributed by atoms with Crippen molar-refractivity contribution < 1.29 is 4.79 Å². The second-order valence-corrected chi connectivity index (χ2v) is 4.24. The van der Waals surface area contributed by atoms with E-state index in [4.69, 9.17) is 5.73 Å². The first kappa shape index (κ1) is 11.3. The van der Waals surface area contributed by atoms with Crippen LogP contribution < -0.4 is 11.1 Å².